The standard InChI is InChI=1S/C13H13N5O/c1-2-4-10-7-11(19)18-13(15-10)16-12(17-18)9-5-3-6-14-8-9/h3,5-8H,2,4H2,1H3,(H,15,16,17). The zero-order valence-corrected chi connectivity index (χ0v) is 10.5. The Hall–Kier alpha value is -2.50. The number of pyridine rings is 1. The highest BCUT2D eigenvalue weighted by molar-refractivity contribution is 5.55. The first-order valence-corrected chi connectivity index (χ1v) is 6.17. The Labute approximate surface area is 109 Å². The van der Waals surface area contributed by atoms with Crippen molar-refractivity contribution < 1.29 is 0 Å². The zero-order valence-electron chi connectivity index (χ0n) is 10.5. The Morgan fingerprint density at radius 1 is 1.37 bits per heavy atom. The minimum absolute atomic E-state index is 0.143. The van der Waals surface area contributed by atoms with Crippen LogP contribution < -0.4 is 5.56 Å². The van der Waals surface area contributed by atoms with Crippen LogP contribution in [0.4, 0.5) is 0 Å². The molecule has 6 heteroatoms. The van der Waals surface area contributed by atoms with Gasteiger partial charge in [0.25, 0.3) is 11.3 Å². The van der Waals surface area contributed by atoms with E-state index in [0.717, 1.165) is 24.1 Å². The van der Waals surface area contributed by atoms with Crippen molar-refractivity contribution in [3.05, 3.63) is 46.6 Å². The zero-order chi connectivity index (χ0) is 13.2. The summed E-state index contributed by atoms with van der Waals surface area (Å²) in [5, 5.41) is 2.94. The normalized spacial score (nSPS) is 11.0. The number of fused-ring (bicyclic) bond motifs is 1. The molecule has 0 aliphatic heterocycles. The molecule has 0 aliphatic rings. The summed E-state index contributed by atoms with van der Waals surface area (Å²) in [5.41, 5.74) is 1.46. The van der Waals surface area contributed by atoms with Gasteiger partial charge in [0.05, 0.1) is 5.69 Å². The number of hydrogen-bond donors (Lipinski definition) is 1. The Kier molecular flexibility index (Phi) is 2.83. The lowest BCUT2D eigenvalue weighted by Gasteiger charge is -1.96. The molecule has 19 heavy (non-hydrogen) atoms. The summed E-state index contributed by atoms with van der Waals surface area (Å²) in [4.78, 5) is 24.7. The van der Waals surface area contributed by atoms with Crippen molar-refractivity contribution in [2.75, 3.05) is 0 Å². The van der Waals surface area contributed by atoms with E-state index in [1.807, 2.05) is 12.1 Å². The van der Waals surface area contributed by atoms with Gasteiger partial charge in [0, 0.05) is 24.0 Å². The predicted octanol–water partition coefficient (Wildman–Crippen LogP) is 1.43. The van der Waals surface area contributed by atoms with Crippen LogP contribution in [0.3, 0.4) is 0 Å². The number of nitrogens with zero attached hydrogens (tertiary/aromatic N) is 4. The minimum Gasteiger partial charge on any atom is -0.271 e. The second-order valence-corrected chi connectivity index (χ2v) is 4.29. The maximum Gasteiger partial charge on any atom is 0.274 e. The number of nitrogens with one attached hydrogen (secondary N) is 1. The van der Waals surface area contributed by atoms with Crippen LogP contribution in [-0.4, -0.2) is 24.6 Å². The van der Waals surface area contributed by atoms with Crippen LogP contribution in [0, 0.1) is 0 Å². The van der Waals surface area contributed by atoms with Crippen molar-refractivity contribution in [3.8, 4) is 11.4 Å². The minimum atomic E-state index is -0.143. The first-order valence-electron chi connectivity index (χ1n) is 6.17. The fraction of sp³-hybridized carbons (Fsp3) is 0.231. The smallest absolute Gasteiger partial charge is 0.271 e. The molecule has 0 radical (unpaired) electrons. The van der Waals surface area contributed by atoms with Crippen molar-refractivity contribution in [2.45, 2.75) is 19.8 Å². The molecule has 6 nitrogen and oxygen atoms in total. The maximum atomic E-state index is 12.0. The Morgan fingerprint density at radius 3 is 3.00 bits per heavy atom. The fourth-order valence-electron chi connectivity index (χ4n) is 1.94. The number of H-pyrrole nitrogens is 1. The summed E-state index contributed by atoms with van der Waals surface area (Å²) >= 11 is 0. The first-order chi connectivity index (χ1) is 9.28. The van der Waals surface area contributed by atoms with Gasteiger partial charge in [0.1, 0.15) is 0 Å². The van der Waals surface area contributed by atoms with Crippen LogP contribution in [0.2, 0.25) is 0 Å². The van der Waals surface area contributed by atoms with E-state index in [1.54, 1.807) is 18.5 Å². The third-order valence-electron chi connectivity index (χ3n) is 2.82. The van der Waals surface area contributed by atoms with Crippen molar-refractivity contribution in [1.82, 2.24) is 24.6 Å². The van der Waals surface area contributed by atoms with Crippen molar-refractivity contribution in [1.29, 1.82) is 0 Å². The second-order valence-electron chi connectivity index (χ2n) is 4.29. The van der Waals surface area contributed by atoms with Gasteiger partial charge in [-0.05, 0) is 18.6 Å². The predicted molar refractivity (Wildman–Crippen MR) is 70.8 cm³/mol. The molecule has 3 heterocycles. The van der Waals surface area contributed by atoms with Crippen LogP contribution in [0.15, 0.2) is 35.4 Å². The third kappa shape index (κ3) is 2.12. The monoisotopic (exact) mass is 255 g/mol. The Balaban J connectivity index is 2.16. The van der Waals surface area contributed by atoms with E-state index in [9.17, 15) is 4.79 Å². The quantitative estimate of drug-likeness (QED) is 0.768. The topological polar surface area (TPSA) is 75.9 Å². The van der Waals surface area contributed by atoms with Crippen molar-refractivity contribution >= 4 is 5.78 Å². The van der Waals surface area contributed by atoms with Crippen LogP contribution in [0.1, 0.15) is 19.0 Å². The molecule has 0 fully saturated rings. The summed E-state index contributed by atoms with van der Waals surface area (Å²) in [7, 11) is 0. The van der Waals surface area contributed by atoms with Crippen LogP contribution in [0.5, 0.6) is 0 Å². The van der Waals surface area contributed by atoms with E-state index in [0.29, 0.717) is 11.6 Å². The van der Waals surface area contributed by atoms with Gasteiger partial charge in [-0.2, -0.15) is 9.50 Å². The van der Waals surface area contributed by atoms with E-state index >= 15 is 0 Å². The van der Waals surface area contributed by atoms with Crippen molar-refractivity contribution in [2.24, 2.45) is 0 Å². The Morgan fingerprint density at radius 2 is 2.26 bits per heavy atom. The first kappa shape index (κ1) is 11.6. The van der Waals surface area contributed by atoms with Gasteiger partial charge in [-0.25, -0.2) is 4.98 Å². The lowest BCUT2D eigenvalue weighted by Crippen LogP contribution is -2.15. The Bertz CT molecular complexity index is 760. The van der Waals surface area contributed by atoms with Crippen LogP contribution in [0.25, 0.3) is 17.2 Å². The van der Waals surface area contributed by atoms with E-state index in [2.05, 4.69) is 27.0 Å². The molecule has 0 aromatic carbocycles. The molecule has 0 unspecified atom stereocenters. The highest BCUT2D eigenvalue weighted by atomic mass is 16.1. The fourth-order valence-corrected chi connectivity index (χ4v) is 1.94. The van der Waals surface area contributed by atoms with Crippen LogP contribution in [-0.2, 0) is 6.42 Å². The van der Waals surface area contributed by atoms with Crippen molar-refractivity contribution in [3.63, 3.8) is 0 Å². The molecular formula is C13H13N5O. The van der Waals surface area contributed by atoms with Gasteiger partial charge >= 0.3 is 0 Å². The third-order valence-corrected chi connectivity index (χ3v) is 2.82. The van der Waals surface area contributed by atoms with E-state index < -0.39 is 0 Å². The molecule has 96 valence electrons. The molecule has 0 bridgehead atoms. The SMILES string of the molecule is CCCc1cc(=O)n2[nH]c(-c3cccnc3)nc2n1. The number of rotatable bonds is 3. The van der Waals surface area contributed by atoms with Gasteiger partial charge in [-0.3, -0.25) is 14.9 Å². The number of aromatic nitrogens is 5. The van der Waals surface area contributed by atoms with Gasteiger partial charge in [-0.1, -0.05) is 13.3 Å². The van der Waals surface area contributed by atoms with E-state index in [4.69, 9.17) is 0 Å². The van der Waals surface area contributed by atoms with Crippen LogP contribution >= 0.6 is 0 Å². The second kappa shape index (κ2) is 4.64. The number of aromatic amines is 1. The summed E-state index contributed by atoms with van der Waals surface area (Å²) in [6, 6.07) is 5.24. The van der Waals surface area contributed by atoms with E-state index in [1.165, 1.54) is 4.52 Å². The molecule has 0 saturated heterocycles. The molecule has 0 aliphatic carbocycles. The maximum absolute atomic E-state index is 12.0. The lowest BCUT2D eigenvalue weighted by molar-refractivity contribution is 0.838. The average molecular weight is 255 g/mol. The molecule has 3 aromatic heterocycles. The average Bonchev–Trinajstić information content (AvgIpc) is 2.85. The number of aryl methyl sites for hydroxylation is 1. The van der Waals surface area contributed by atoms with Gasteiger partial charge in [-0.15, -0.1) is 0 Å². The van der Waals surface area contributed by atoms with Gasteiger partial charge in [0.15, 0.2) is 5.82 Å². The highest BCUT2D eigenvalue weighted by Gasteiger charge is 2.09. The molecule has 0 spiro atoms. The molecule has 3 rings (SSSR count). The summed E-state index contributed by atoms with van der Waals surface area (Å²) in [6.45, 7) is 2.05. The summed E-state index contributed by atoms with van der Waals surface area (Å²) < 4.78 is 1.35. The lowest BCUT2D eigenvalue weighted by atomic mass is 10.2. The van der Waals surface area contributed by atoms with Gasteiger partial charge < -0.3 is 0 Å². The molecule has 1 N–H and O–H groups in total. The molecule has 3 aromatic rings. The molecule has 0 atom stereocenters. The molecule has 0 amide bonds. The van der Waals surface area contributed by atoms with Gasteiger partial charge in [0.2, 0.25) is 0 Å². The number of hydrogen-bond acceptors (Lipinski definition) is 4. The molecule has 0 saturated carbocycles. The largest absolute Gasteiger partial charge is 0.274 e. The summed E-state index contributed by atoms with van der Waals surface area (Å²) in [5.74, 6) is 0.987. The molecular weight excluding hydrogens is 242 g/mol. The highest BCUT2D eigenvalue weighted by Crippen LogP contribution is 2.12. The summed E-state index contributed by atoms with van der Waals surface area (Å²) in [6.07, 6.45) is 5.11. The van der Waals surface area contributed by atoms with E-state index in [-0.39, 0.29) is 5.56 Å².